The fraction of sp³-hybridized carbons (Fsp3) is 0.800. The summed E-state index contributed by atoms with van der Waals surface area (Å²) in [6, 6.07) is 0. The summed E-state index contributed by atoms with van der Waals surface area (Å²) in [5.74, 6) is 1.61. The van der Waals surface area contributed by atoms with E-state index in [1.165, 1.54) is 12.8 Å². The lowest BCUT2D eigenvalue weighted by Crippen LogP contribution is -2.51. The average Bonchev–Trinajstić information content (AvgIpc) is 2.97. The van der Waals surface area contributed by atoms with E-state index >= 15 is 0 Å². The molecule has 2 amide bonds. The highest BCUT2D eigenvalue weighted by Crippen LogP contribution is 2.12. The summed E-state index contributed by atoms with van der Waals surface area (Å²) in [5, 5.41) is 3.92. The summed E-state index contributed by atoms with van der Waals surface area (Å²) in [5.41, 5.74) is 0. The Hall–Kier alpha value is -1.96. The lowest BCUT2D eigenvalue weighted by atomic mass is 10.2. The Bertz CT molecular complexity index is 632. The molecule has 8 heteroatoms. The summed E-state index contributed by atoms with van der Waals surface area (Å²) in [7, 11) is 0. The molecule has 0 saturated carbocycles. The molecule has 28 heavy (non-hydrogen) atoms. The molecule has 2 aliphatic rings. The second-order valence-corrected chi connectivity index (χ2v) is 7.81. The smallest absolute Gasteiger partial charge is 0.236 e. The Labute approximate surface area is 167 Å². The van der Waals surface area contributed by atoms with Gasteiger partial charge in [-0.1, -0.05) is 24.9 Å². The molecule has 3 heterocycles. The molecule has 1 aromatic heterocycles. The van der Waals surface area contributed by atoms with Crippen molar-refractivity contribution < 1.29 is 14.1 Å². The van der Waals surface area contributed by atoms with Crippen LogP contribution in [-0.2, 0) is 22.4 Å². The van der Waals surface area contributed by atoms with E-state index in [4.69, 9.17) is 4.52 Å². The summed E-state index contributed by atoms with van der Waals surface area (Å²) < 4.78 is 5.20. The van der Waals surface area contributed by atoms with E-state index in [2.05, 4.69) is 22.0 Å². The Kier molecular flexibility index (Phi) is 7.82. The van der Waals surface area contributed by atoms with Gasteiger partial charge in [-0.05, 0) is 19.3 Å². The van der Waals surface area contributed by atoms with Gasteiger partial charge in [-0.3, -0.25) is 14.5 Å². The first kappa shape index (κ1) is 20.8. The number of carbonyl (C=O) groups is 2. The van der Waals surface area contributed by atoms with E-state index in [0.29, 0.717) is 44.2 Å². The number of carbonyl (C=O) groups excluding carboxylic acids is 2. The molecule has 1 aromatic rings. The summed E-state index contributed by atoms with van der Waals surface area (Å²) >= 11 is 0. The maximum Gasteiger partial charge on any atom is 0.236 e. The van der Waals surface area contributed by atoms with Crippen LogP contribution in [0.25, 0.3) is 0 Å². The molecule has 8 nitrogen and oxygen atoms in total. The zero-order chi connectivity index (χ0) is 19.8. The number of rotatable bonds is 7. The Morgan fingerprint density at radius 2 is 1.57 bits per heavy atom. The molecule has 0 unspecified atom stereocenters. The molecular weight excluding hydrogens is 358 g/mol. The SMILES string of the molecule is CCCc1noc(CCC(=O)N2CCN(CC(=O)N3CCCCCC3)CC2)n1. The zero-order valence-corrected chi connectivity index (χ0v) is 17.1. The van der Waals surface area contributed by atoms with E-state index in [9.17, 15) is 9.59 Å². The fourth-order valence-electron chi connectivity index (χ4n) is 3.86. The minimum atomic E-state index is 0.119. The third-order valence-electron chi connectivity index (χ3n) is 5.58. The van der Waals surface area contributed by atoms with Crippen LogP contribution < -0.4 is 0 Å². The molecule has 0 N–H and O–H groups in total. The largest absolute Gasteiger partial charge is 0.342 e. The van der Waals surface area contributed by atoms with Crippen molar-refractivity contribution in [1.29, 1.82) is 0 Å². The summed E-state index contributed by atoms with van der Waals surface area (Å²) in [6.45, 7) is 7.21. The fourth-order valence-corrected chi connectivity index (χ4v) is 3.86. The second kappa shape index (κ2) is 10.5. The third-order valence-corrected chi connectivity index (χ3v) is 5.58. The molecule has 0 aliphatic carbocycles. The van der Waals surface area contributed by atoms with Gasteiger partial charge in [-0.25, -0.2) is 0 Å². The number of nitrogens with zero attached hydrogens (tertiary/aromatic N) is 5. The van der Waals surface area contributed by atoms with E-state index < -0.39 is 0 Å². The van der Waals surface area contributed by atoms with Crippen LogP contribution in [0.1, 0.15) is 57.2 Å². The lowest BCUT2D eigenvalue weighted by molar-refractivity contribution is -0.135. The van der Waals surface area contributed by atoms with Crippen LogP contribution in [0, 0.1) is 0 Å². The van der Waals surface area contributed by atoms with Crippen molar-refractivity contribution in [2.75, 3.05) is 45.8 Å². The molecule has 3 rings (SSSR count). The van der Waals surface area contributed by atoms with Crippen LogP contribution in [0.3, 0.4) is 0 Å². The number of aryl methyl sites for hydroxylation is 2. The van der Waals surface area contributed by atoms with E-state index in [1.54, 1.807) is 0 Å². The standard InChI is InChI=1S/C20H33N5O3/c1-2-7-17-21-18(28-22-17)8-9-19(26)25-14-12-23(13-15-25)16-20(27)24-10-5-3-4-6-11-24/h2-16H2,1H3. The van der Waals surface area contributed by atoms with E-state index in [-0.39, 0.29) is 11.8 Å². The van der Waals surface area contributed by atoms with Crippen LogP contribution in [0.15, 0.2) is 4.52 Å². The van der Waals surface area contributed by atoms with Gasteiger partial charge in [0.05, 0.1) is 6.54 Å². The van der Waals surface area contributed by atoms with Gasteiger partial charge in [0.15, 0.2) is 5.82 Å². The van der Waals surface area contributed by atoms with Crippen molar-refractivity contribution in [3.05, 3.63) is 11.7 Å². The molecular formula is C20H33N5O3. The van der Waals surface area contributed by atoms with Crippen molar-refractivity contribution in [3.8, 4) is 0 Å². The van der Waals surface area contributed by atoms with Crippen LogP contribution >= 0.6 is 0 Å². The lowest BCUT2D eigenvalue weighted by Gasteiger charge is -2.35. The number of amides is 2. The molecule has 2 aliphatic heterocycles. The monoisotopic (exact) mass is 391 g/mol. The van der Waals surface area contributed by atoms with Gasteiger partial charge in [-0.15, -0.1) is 0 Å². The first-order valence-electron chi connectivity index (χ1n) is 10.7. The minimum Gasteiger partial charge on any atom is -0.342 e. The minimum absolute atomic E-state index is 0.119. The van der Waals surface area contributed by atoms with Gasteiger partial charge >= 0.3 is 0 Å². The van der Waals surface area contributed by atoms with Crippen LogP contribution in [0.4, 0.5) is 0 Å². The van der Waals surface area contributed by atoms with Gasteiger partial charge in [0, 0.05) is 58.5 Å². The summed E-state index contributed by atoms with van der Waals surface area (Å²) in [6.07, 6.45) is 7.35. The molecule has 0 aromatic carbocycles. The highest BCUT2D eigenvalue weighted by molar-refractivity contribution is 5.78. The normalized spacial score (nSPS) is 18.9. The topological polar surface area (TPSA) is 82.8 Å². The number of likely N-dealkylation sites (tertiary alicyclic amines) is 1. The van der Waals surface area contributed by atoms with Crippen molar-refractivity contribution in [2.24, 2.45) is 0 Å². The van der Waals surface area contributed by atoms with Gasteiger partial charge in [0.1, 0.15) is 0 Å². The van der Waals surface area contributed by atoms with Gasteiger partial charge < -0.3 is 14.3 Å². The van der Waals surface area contributed by atoms with Crippen molar-refractivity contribution in [3.63, 3.8) is 0 Å². The summed E-state index contributed by atoms with van der Waals surface area (Å²) in [4.78, 5) is 35.4. The molecule has 0 atom stereocenters. The van der Waals surface area contributed by atoms with E-state index in [1.807, 2.05) is 9.80 Å². The van der Waals surface area contributed by atoms with Crippen molar-refractivity contribution in [1.82, 2.24) is 24.8 Å². The molecule has 0 bridgehead atoms. The predicted molar refractivity (Wildman–Crippen MR) is 105 cm³/mol. The zero-order valence-electron chi connectivity index (χ0n) is 17.1. The van der Waals surface area contributed by atoms with Crippen LogP contribution in [0.5, 0.6) is 0 Å². The Morgan fingerprint density at radius 1 is 0.893 bits per heavy atom. The van der Waals surface area contributed by atoms with Gasteiger partial charge in [-0.2, -0.15) is 4.98 Å². The molecule has 156 valence electrons. The Balaban J connectivity index is 1.36. The predicted octanol–water partition coefficient (Wildman–Crippen LogP) is 1.50. The quantitative estimate of drug-likeness (QED) is 0.701. The molecule has 2 fully saturated rings. The number of hydrogen-bond acceptors (Lipinski definition) is 6. The first-order valence-corrected chi connectivity index (χ1v) is 10.7. The highest BCUT2D eigenvalue weighted by Gasteiger charge is 2.24. The average molecular weight is 392 g/mol. The Morgan fingerprint density at radius 3 is 2.25 bits per heavy atom. The molecule has 0 spiro atoms. The first-order chi connectivity index (χ1) is 13.7. The highest BCUT2D eigenvalue weighted by atomic mass is 16.5. The second-order valence-electron chi connectivity index (χ2n) is 7.81. The van der Waals surface area contributed by atoms with Crippen molar-refractivity contribution in [2.45, 2.75) is 58.3 Å². The third kappa shape index (κ3) is 6.02. The van der Waals surface area contributed by atoms with Gasteiger partial charge in [0.2, 0.25) is 17.7 Å². The molecule has 0 radical (unpaired) electrons. The van der Waals surface area contributed by atoms with Gasteiger partial charge in [0.25, 0.3) is 0 Å². The molecule has 2 saturated heterocycles. The van der Waals surface area contributed by atoms with E-state index in [0.717, 1.165) is 51.9 Å². The maximum atomic E-state index is 12.5. The van der Waals surface area contributed by atoms with Crippen LogP contribution in [0.2, 0.25) is 0 Å². The van der Waals surface area contributed by atoms with Crippen LogP contribution in [-0.4, -0.2) is 82.5 Å². The number of aromatic nitrogens is 2. The number of piperazine rings is 1. The maximum absolute atomic E-state index is 12.5. The number of hydrogen-bond donors (Lipinski definition) is 0. The van der Waals surface area contributed by atoms with Crippen molar-refractivity contribution >= 4 is 11.8 Å².